The average molecular weight is 460 g/mol. The molecule has 1 aromatic carbocycles. The Morgan fingerprint density at radius 2 is 1.94 bits per heavy atom. The van der Waals surface area contributed by atoms with E-state index < -0.39 is 51.0 Å². The number of rotatable bonds is 7. The summed E-state index contributed by atoms with van der Waals surface area (Å²) in [6.45, 7) is 3.56. The van der Waals surface area contributed by atoms with Crippen molar-refractivity contribution >= 4 is 35.5 Å². The van der Waals surface area contributed by atoms with Crippen molar-refractivity contribution in [2.24, 2.45) is 17.6 Å². The number of amides is 2. The smallest absolute Gasteiger partial charge is 0.408 e. The van der Waals surface area contributed by atoms with Gasteiger partial charge in [0.05, 0.1) is 4.75 Å². The van der Waals surface area contributed by atoms with Crippen molar-refractivity contribution in [3.63, 3.8) is 0 Å². The number of nitrogens with two attached hydrogens (primary N) is 1. The molecule has 4 aliphatic rings. The Balaban J connectivity index is 1.40. The molecule has 170 valence electrons. The molecule has 0 aromatic heterocycles. The van der Waals surface area contributed by atoms with Gasteiger partial charge in [-0.15, -0.1) is 11.8 Å². The van der Waals surface area contributed by atoms with Crippen LogP contribution in [-0.4, -0.2) is 55.1 Å². The standard InChI is InChI=1S/C22H25N3O6S/c1-11(12-8-9-12)31-19(30)24-15(13-6-4-3-5-7-13)16(26)14-17(27)25-21(18(28)29)10-20(21,2)32-22(14,25)23/h3-7,11-12,14-15H,8-10,23H2,1-2H3,(H,24,30)(H,28,29)/t11?,14?,15?,20?,21?,22-/m0/s1. The fourth-order valence-corrected chi connectivity index (χ4v) is 7.23. The fraction of sp³-hybridized carbons (Fsp3) is 0.545. The van der Waals surface area contributed by atoms with E-state index in [4.69, 9.17) is 10.5 Å². The second-order valence-corrected chi connectivity index (χ2v) is 11.1. The van der Waals surface area contributed by atoms with Crippen LogP contribution < -0.4 is 11.1 Å². The number of fused-ring (bicyclic) bond motifs is 3. The van der Waals surface area contributed by atoms with Crippen LogP contribution in [0.3, 0.4) is 0 Å². The SMILES string of the molecule is CC(OC(=O)NC(C(=O)C1C(=O)N2C3(C(=O)O)CC3(C)S[C@]12N)c1ccccc1)C1CC1. The van der Waals surface area contributed by atoms with E-state index in [0.29, 0.717) is 11.5 Å². The molecule has 10 heteroatoms. The van der Waals surface area contributed by atoms with Crippen molar-refractivity contribution in [3.05, 3.63) is 35.9 Å². The minimum Gasteiger partial charge on any atom is -0.479 e. The Bertz CT molecular complexity index is 1030. The van der Waals surface area contributed by atoms with Gasteiger partial charge in [-0.1, -0.05) is 30.3 Å². The van der Waals surface area contributed by atoms with Crippen molar-refractivity contribution < 1.29 is 29.0 Å². The number of thioether (sulfide) groups is 1. The summed E-state index contributed by atoms with van der Waals surface area (Å²) in [6, 6.07) is 7.44. The number of ketones is 1. The zero-order valence-corrected chi connectivity index (χ0v) is 18.6. The Morgan fingerprint density at radius 1 is 1.28 bits per heavy atom. The minimum absolute atomic E-state index is 0.268. The molecule has 32 heavy (non-hydrogen) atoms. The van der Waals surface area contributed by atoms with Gasteiger partial charge < -0.3 is 15.2 Å². The summed E-state index contributed by atoms with van der Waals surface area (Å²) in [7, 11) is 0. The summed E-state index contributed by atoms with van der Waals surface area (Å²) in [5, 5.41) is 12.4. The first-order valence-electron chi connectivity index (χ1n) is 10.7. The highest BCUT2D eigenvalue weighted by molar-refractivity contribution is 8.02. The number of Topliss-reactive ketones (excluding diaryl/α,β-unsaturated/α-hetero) is 1. The van der Waals surface area contributed by atoms with E-state index in [-0.39, 0.29) is 12.5 Å². The number of nitrogens with one attached hydrogen (secondary N) is 1. The Labute approximate surface area is 189 Å². The van der Waals surface area contributed by atoms with Crippen LogP contribution in [0.1, 0.15) is 44.7 Å². The summed E-state index contributed by atoms with van der Waals surface area (Å²) in [5.74, 6) is -3.24. The highest BCUT2D eigenvalue weighted by atomic mass is 32.2. The van der Waals surface area contributed by atoms with Gasteiger partial charge in [0, 0.05) is 6.42 Å². The lowest BCUT2D eigenvalue weighted by Gasteiger charge is -2.53. The maximum absolute atomic E-state index is 13.6. The van der Waals surface area contributed by atoms with Gasteiger partial charge in [0.25, 0.3) is 0 Å². The maximum atomic E-state index is 13.6. The largest absolute Gasteiger partial charge is 0.479 e. The first kappa shape index (κ1) is 21.3. The van der Waals surface area contributed by atoms with Gasteiger partial charge in [-0.2, -0.15) is 0 Å². The zero-order chi connectivity index (χ0) is 23.1. The molecule has 4 N–H and O–H groups in total. The monoisotopic (exact) mass is 459 g/mol. The lowest BCUT2D eigenvalue weighted by atomic mass is 9.81. The number of carboxylic acid groups (broad SMARTS) is 1. The average Bonchev–Trinajstić information content (AvgIpc) is 3.63. The molecular formula is C22H25N3O6S. The number of hydrogen-bond acceptors (Lipinski definition) is 7. The van der Waals surface area contributed by atoms with Crippen LogP contribution >= 0.6 is 11.8 Å². The van der Waals surface area contributed by atoms with Crippen LogP contribution in [0.5, 0.6) is 0 Å². The van der Waals surface area contributed by atoms with Crippen molar-refractivity contribution in [3.8, 4) is 0 Å². The fourth-order valence-electron chi connectivity index (χ4n) is 5.21. The molecular weight excluding hydrogens is 434 g/mol. The van der Waals surface area contributed by atoms with Gasteiger partial charge in [-0.3, -0.25) is 20.2 Å². The number of nitrogens with zero attached hydrogens (tertiary/aromatic N) is 1. The van der Waals surface area contributed by atoms with Gasteiger partial charge in [-0.05, 0) is 38.2 Å². The second kappa shape index (κ2) is 6.71. The van der Waals surface area contributed by atoms with Gasteiger partial charge in [0.1, 0.15) is 18.1 Å². The molecule has 5 unspecified atom stereocenters. The van der Waals surface area contributed by atoms with Crippen LogP contribution in [0.25, 0.3) is 0 Å². The van der Waals surface area contributed by atoms with Gasteiger partial charge in [-0.25, -0.2) is 9.59 Å². The predicted molar refractivity (Wildman–Crippen MR) is 114 cm³/mol. The number of benzene rings is 1. The van der Waals surface area contributed by atoms with E-state index in [9.17, 15) is 24.3 Å². The van der Waals surface area contributed by atoms with Crippen LogP contribution in [0.4, 0.5) is 4.79 Å². The topological polar surface area (TPSA) is 139 Å². The number of hydrogen-bond donors (Lipinski definition) is 3. The molecule has 2 saturated heterocycles. The van der Waals surface area contributed by atoms with Crippen molar-refractivity contribution in [2.75, 3.05) is 0 Å². The number of β-lactam (4-membered cyclic amide) rings is 1. The lowest BCUT2D eigenvalue weighted by molar-refractivity contribution is -0.177. The summed E-state index contributed by atoms with van der Waals surface area (Å²) < 4.78 is 4.68. The lowest BCUT2D eigenvalue weighted by Crippen LogP contribution is -2.78. The van der Waals surface area contributed by atoms with Gasteiger partial charge in [0.15, 0.2) is 16.3 Å². The molecule has 2 saturated carbocycles. The van der Waals surface area contributed by atoms with E-state index in [0.717, 1.165) is 29.5 Å². The van der Waals surface area contributed by atoms with Crippen LogP contribution in [-0.2, 0) is 19.1 Å². The number of carbonyl (C=O) groups is 4. The second-order valence-electron chi connectivity index (χ2n) is 9.37. The number of alkyl carbamates (subject to hydrolysis) is 1. The molecule has 0 spiro atoms. The third-order valence-electron chi connectivity index (χ3n) is 7.24. The van der Waals surface area contributed by atoms with Crippen LogP contribution in [0.2, 0.25) is 0 Å². The normalized spacial score (nSPS) is 36.3. The summed E-state index contributed by atoms with van der Waals surface area (Å²) in [5.41, 5.74) is 5.60. The summed E-state index contributed by atoms with van der Waals surface area (Å²) in [4.78, 5) is 50.9. The van der Waals surface area contributed by atoms with Gasteiger partial charge in [0.2, 0.25) is 5.91 Å². The number of carbonyl (C=O) groups excluding carboxylic acids is 3. The highest BCUT2D eigenvalue weighted by Gasteiger charge is 2.89. The summed E-state index contributed by atoms with van der Waals surface area (Å²) in [6.07, 6.45) is 1.28. The molecule has 2 amide bonds. The molecule has 2 heterocycles. The summed E-state index contributed by atoms with van der Waals surface area (Å²) >= 11 is 1.15. The van der Waals surface area contributed by atoms with E-state index in [1.807, 2.05) is 6.92 Å². The Kier molecular flexibility index (Phi) is 4.46. The number of ether oxygens (including phenoxy) is 1. The molecule has 4 fully saturated rings. The highest BCUT2D eigenvalue weighted by Crippen LogP contribution is 2.75. The Morgan fingerprint density at radius 3 is 2.53 bits per heavy atom. The van der Waals surface area contributed by atoms with Crippen molar-refractivity contribution in [2.45, 2.75) is 60.5 Å². The molecule has 2 aliphatic heterocycles. The number of aliphatic carboxylic acids is 1. The first-order valence-corrected chi connectivity index (χ1v) is 11.5. The minimum atomic E-state index is -1.46. The third kappa shape index (κ3) is 2.75. The van der Waals surface area contributed by atoms with Crippen molar-refractivity contribution in [1.82, 2.24) is 10.2 Å². The molecule has 2 aliphatic carbocycles. The van der Waals surface area contributed by atoms with Crippen LogP contribution in [0, 0.1) is 11.8 Å². The van der Waals surface area contributed by atoms with Crippen molar-refractivity contribution in [1.29, 1.82) is 0 Å². The molecule has 1 aromatic rings. The molecule has 0 bridgehead atoms. The molecule has 5 rings (SSSR count). The maximum Gasteiger partial charge on any atom is 0.408 e. The molecule has 6 atom stereocenters. The van der Waals surface area contributed by atoms with Crippen LogP contribution in [0.15, 0.2) is 30.3 Å². The first-order chi connectivity index (χ1) is 15.0. The van der Waals surface area contributed by atoms with E-state index in [1.54, 1.807) is 37.3 Å². The predicted octanol–water partition coefficient (Wildman–Crippen LogP) is 1.63. The third-order valence-corrected chi connectivity index (χ3v) is 8.92. The van der Waals surface area contributed by atoms with E-state index in [1.165, 1.54) is 0 Å². The molecule has 0 radical (unpaired) electrons. The Hall–Kier alpha value is -2.59. The van der Waals surface area contributed by atoms with E-state index in [2.05, 4.69) is 5.32 Å². The quantitative estimate of drug-likeness (QED) is 0.413. The molecule has 9 nitrogen and oxygen atoms in total. The van der Waals surface area contributed by atoms with Gasteiger partial charge >= 0.3 is 12.1 Å². The van der Waals surface area contributed by atoms with E-state index >= 15 is 0 Å². The number of carboxylic acids is 1. The zero-order valence-electron chi connectivity index (χ0n) is 17.7.